The Morgan fingerprint density at radius 2 is 1.56 bits per heavy atom. The van der Waals surface area contributed by atoms with Crippen molar-refractivity contribution in [3.63, 3.8) is 0 Å². The molecule has 168 valence electrons. The number of rotatable bonds is 9. The second kappa shape index (κ2) is 10.2. The first-order chi connectivity index (χ1) is 15.4. The van der Waals surface area contributed by atoms with E-state index in [1.807, 2.05) is 42.5 Å². The Morgan fingerprint density at radius 1 is 0.938 bits per heavy atom. The molecule has 3 aromatic rings. The van der Waals surface area contributed by atoms with Gasteiger partial charge in [-0.3, -0.25) is 0 Å². The number of carboxylic acids is 1. The highest BCUT2D eigenvalue weighted by molar-refractivity contribution is 6.31. The first-order valence-corrected chi connectivity index (χ1v) is 10.2. The van der Waals surface area contributed by atoms with Crippen LogP contribution >= 0.6 is 11.6 Å². The predicted molar refractivity (Wildman–Crippen MR) is 122 cm³/mol. The molecule has 0 spiro atoms. The van der Waals surface area contributed by atoms with Crippen molar-refractivity contribution in [3.05, 3.63) is 64.3 Å². The molecule has 0 saturated carbocycles. The van der Waals surface area contributed by atoms with Crippen LogP contribution in [0.1, 0.15) is 21.5 Å². The predicted octanol–water partition coefficient (Wildman–Crippen LogP) is 4.92. The van der Waals surface area contributed by atoms with Gasteiger partial charge in [-0.25, -0.2) is 9.78 Å². The Morgan fingerprint density at radius 3 is 2.06 bits per heavy atom. The minimum atomic E-state index is -1.14. The Labute approximate surface area is 191 Å². The molecule has 0 aliphatic carbocycles. The van der Waals surface area contributed by atoms with Crippen LogP contribution < -0.4 is 18.9 Å². The number of hydrogen-bond acceptors (Lipinski definition) is 6. The molecular weight excluding hydrogens is 434 g/mol. The zero-order chi connectivity index (χ0) is 23.3. The van der Waals surface area contributed by atoms with E-state index < -0.39 is 5.97 Å². The summed E-state index contributed by atoms with van der Waals surface area (Å²) in [6, 6.07) is 12.9. The van der Waals surface area contributed by atoms with Crippen molar-refractivity contribution >= 4 is 17.6 Å². The normalized spacial score (nSPS) is 10.5. The standard InChI is InChI=1S/C24H24ClNO6/c1-29-17-12-14(13-18(30-2)21(17)31-3)10-11-16-19(15-8-6-5-7-9-15)20(24(27)28)23(32-4)26-22(16)25/h5-9,12-13H,10-11H2,1-4H3,(H,27,28). The molecule has 0 aliphatic heterocycles. The third-order valence-corrected chi connectivity index (χ3v) is 5.38. The highest BCUT2D eigenvalue weighted by atomic mass is 35.5. The molecule has 0 amide bonds. The Bertz CT molecular complexity index is 1090. The van der Waals surface area contributed by atoms with E-state index >= 15 is 0 Å². The highest BCUT2D eigenvalue weighted by Gasteiger charge is 2.25. The fourth-order valence-electron chi connectivity index (χ4n) is 3.62. The van der Waals surface area contributed by atoms with Gasteiger partial charge in [0.2, 0.25) is 11.6 Å². The molecule has 1 N–H and O–H groups in total. The van der Waals surface area contributed by atoms with Gasteiger partial charge in [-0.2, -0.15) is 0 Å². The number of benzene rings is 2. The number of carbonyl (C=O) groups is 1. The summed E-state index contributed by atoms with van der Waals surface area (Å²) in [5.74, 6) is 0.406. The molecule has 1 aromatic heterocycles. The van der Waals surface area contributed by atoms with Crippen LogP contribution in [-0.4, -0.2) is 44.5 Å². The van der Waals surface area contributed by atoms with Crippen LogP contribution in [0.5, 0.6) is 23.1 Å². The van der Waals surface area contributed by atoms with Gasteiger partial charge in [0.05, 0.1) is 28.4 Å². The van der Waals surface area contributed by atoms with E-state index in [0.29, 0.717) is 46.8 Å². The first kappa shape index (κ1) is 23.2. The number of aromatic carboxylic acids is 1. The smallest absolute Gasteiger partial charge is 0.341 e. The first-order valence-electron chi connectivity index (χ1n) is 9.79. The quantitative estimate of drug-likeness (QED) is 0.456. The van der Waals surface area contributed by atoms with Gasteiger partial charge in [0.25, 0.3) is 0 Å². The fraction of sp³-hybridized carbons (Fsp3) is 0.250. The lowest BCUT2D eigenvalue weighted by Gasteiger charge is -2.18. The summed E-state index contributed by atoms with van der Waals surface area (Å²) in [6.45, 7) is 0. The SMILES string of the molecule is COc1cc(CCc2c(Cl)nc(OC)c(C(=O)O)c2-c2ccccc2)cc(OC)c1OC. The molecule has 0 radical (unpaired) electrons. The van der Waals surface area contributed by atoms with Gasteiger partial charge in [0, 0.05) is 5.56 Å². The fourth-order valence-corrected chi connectivity index (χ4v) is 3.89. The molecule has 32 heavy (non-hydrogen) atoms. The second-order valence-corrected chi connectivity index (χ2v) is 7.20. The zero-order valence-corrected chi connectivity index (χ0v) is 19.0. The Kier molecular flexibility index (Phi) is 7.43. The Balaban J connectivity index is 2.11. The molecule has 0 atom stereocenters. The van der Waals surface area contributed by atoms with Gasteiger partial charge in [-0.1, -0.05) is 41.9 Å². The maximum Gasteiger partial charge on any atom is 0.341 e. The number of pyridine rings is 1. The maximum absolute atomic E-state index is 12.1. The zero-order valence-electron chi connectivity index (χ0n) is 18.3. The average molecular weight is 458 g/mol. The summed E-state index contributed by atoms with van der Waals surface area (Å²) in [7, 11) is 6.02. The van der Waals surface area contributed by atoms with Crippen molar-refractivity contribution in [2.45, 2.75) is 12.8 Å². The molecule has 0 bridgehead atoms. The van der Waals surface area contributed by atoms with E-state index in [4.69, 9.17) is 30.5 Å². The summed E-state index contributed by atoms with van der Waals surface area (Å²) in [5, 5.41) is 10.1. The van der Waals surface area contributed by atoms with Crippen molar-refractivity contribution in [2.24, 2.45) is 0 Å². The molecule has 3 rings (SSSR count). The number of aryl methyl sites for hydroxylation is 1. The van der Waals surface area contributed by atoms with Crippen LogP contribution in [0.15, 0.2) is 42.5 Å². The molecule has 0 unspecified atom stereocenters. The van der Waals surface area contributed by atoms with Crippen LogP contribution in [0.2, 0.25) is 5.15 Å². The minimum absolute atomic E-state index is 0.0250. The van der Waals surface area contributed by atoms with Crippen molar-refractivity contribution in [1.29, 1.82) is 0 Å². The summed E-state index contributed by atoms with van der Waals surface area (Å²) >= 11 is 6.52. The van der Waals surface area contributed by atoms with Gasteiger partial charge in [-0.15, -0.1) is 0 Å². The van der Waals surface area contributed by atoms with E-state index in [9.17, 15) is 9.90 Å². The lowest BCUT2D eigenvalue weighted by molar-refractivity contribution is 0.0693. The number of aromatic nitrogens is 1. The summed E-state index contributed by atoms with van der Waals surface area (Å²) in [5.41, 5.74) is 2.70. The molecule has 0 fully saturated rings. The molecule has 0 aliphatic rings. The third-order valence-electron chi connectivity index (χ3n) is 5.07. The monoisotopic (exact) mass is 457 g/mol. The van der Waals surface area contributed by atoms with E-state index in [-0.39, 0.29) is 16.6 Å². The molecular formula is C24H24ClNO6. The maximum atomic E-state index is 12.1. The van der Waals surface area contributed by atoms with Crippen LogP contribution in [0.3, 0.4) is 0 Å². The van der Waals surface area contributed by atoms with Crippen LogP contribution in [0, 0.1) is 0 Å². The molecule has 7 nitrogen and oxygen atoms in total. The average Bonchev–Trinajstić information content (AvgIpc) is 2.81. The van der Waals surface area contributed by atoms with E-state index in [0.717, 1.165) is 5.56 Å². The van der Waals surface area contributed by atoms with Gasteiger partial charge >= 0.3 is 5.97 Å². The molecule has 2 aromatic carbocycles. The summed E-state index contributed by atoms with van der Waals surface area (Å²) < 4.78 is 21.5. The lowest BCUT2D eigenvalue weighted by atomic mass is 9.92. The lowest BCUT2D eigenvalue weighted by Crippen LogP contribution is -2.10. The van der Waals surface area contributed by atoms with Crippen molar-refractivity contribution < 1.29 is 28.8 Å². The van der Waals surface area contributed by atoms with Crippen LogP contribution in [-0.2, 0) is 12.8 Å². The minimum Gasteiger partial charge on any atom is -0.493 e. The summed E-state index contributed by atoms with van der Waals surface area (Å²) in [4.78, 5) is 16.3. The van der Waals surface area contributed by atoms with Crippen molar-refractivity contribution in [3.8, 4) is 34.3 Å². The number of carboxylic acid groups (broad SMARTS) is 1. The Hall–Kier alpha value is -3.45. The largest absolute Gasteiger partial charge is 0.493 e. The van der Waals surface area contributed by atoms with Gasteiger partial charge in [0.15, 0.2) is 11.5 Å². The third kappa shape index (κ3) is 4.57. The molecule has 1 heterocycles. The van der Waals surface area contributed by atoms with E-state index in [1.165, 1.54) is 7.11 Å². The second-order valence-electron chi connectivity index (χ2n) is 6.85. The highest BCUT2D eigenvalue weighted by Crippen LogP contribution is 2.40. The summed E-state index contributed by atoms with van der Waals surface area (Å²) in [6.07, 6.45) is 0.961. The number of ether oxygens (including phenoxy) is 4. The van der Waals surface area contributed by atoms with Gasteiger partial charge < -0.3 is 24.1 Å². The van der Waals surface area contributed by atoms with E-state index in [2.05, 4.69) is 4.98 Å². The number of hydrogen-bond donors (Lipinski definition) is 1. The topological polar surface area (TPSA) is 87.1 Å². The van der Waals surface area contributed by atoms with Crippen LogP contribution in [0.25, 0.3) is 11.1 Å². The van der Waals surface area contributed by atoms with Crippen molar-refractivity contribution in [1.82, 2.24) is 4.98 Å². The van der Waals surface area contributed by atoms with E-state index in [1.54, 1.807) is 21.3 Å². The molecule has 8 heteroatoms. The number of nitrogens with zero attached hydrogens (tertiary/aromatic N) is 1. The van der Waals surface area contributed by atoms with Crippen molar-refractivity contribution in [2.75, 3.05) is 28.4 Å². The number of methoxy groups -OCH3 is 4. The van der Waals surface area contributed by atoms with Crippen LogP contribution in [0.4, 0.5) is 0 Å². The molecule has 0 saturated heterocycles. The van der Waals surface area contributed by atoms with Gasteiger partial charge in [-0.05, 0) is 41.7 Å². The van der Waals surface area contributed by atoms with Gasteiger partial charge in [0.1, 0.15) is 10.7 Å². The number of halogens is 1.